The van der Waals surface area contributed by atoms with E-state index in [0.717, 1.165) is 16.6 Å². The number of nitrogens with one attached hydrogen (secondary N) is 1. The van der Waals surface area contributed by atoms with Crippen molar-refractivity contribution in [2.24, 2.45) is 7.05 Å². The molecule has 164 valence electrons. The Bertz CT molecular complexity index is 1250. The normalized spacial score (nSPS) is 13.3. The van der Waals surface area contributed by atoms with Crippen molar-refractivity contribution >= 4 is 40.7 Å². The molecule has 3 aromatic rings. The first-order valence-electron chi connectivity index (χ1n) is 10.0. The van der Waals surface area contributed by atoms with Gasteiger partial charge in [-0.25, -0.2) is 9.78 Å². The highest BCUT2D eigenvalue weighted by Crippen LogP contribution is 2.23. The van der Waals surface area contributed by atoms with Gasteiger partial charge in [0.15, 0.2) is 0 Å². The first-order valence-corrected chi connectivity index (χ1v) is 10.0. The van der Waals surface area contributed by atoms with Gasteiger partial charge in [0.2, 0.25) is 5.91 Å². The lowest BCUT2D eigenvalue weighted by Gasteiger charge is -2.27. The smallest absolute Gasteiger partial charge is 0.323 e. The predicted molar refractivity (Wildman–Crippen MR) is 120 cm³/mol. The van der Waals surface area contributed by atoms with Crippen LogP contribution in [0.5, 0.6) is 0 Å². The largest absolute Gasteiger partial charge is 0.480 e. The Morgan fingerprint density at radius 1 is 1.28 bits per heavy atom. The lowest BCUT2D eigenvalue weighted by Crippen LogP contribution is -2.41. The lowest BCUT2D eigenvalue weighted by atomic mass is 10.1. The van der Waals surface area contributed by atoms with E-state index in [1.807, 2.05) is 31.3 Å². The van der Waals surface area contributed by atoms with Crippen LogP contribution in [-0.2, 0) is 29.7 Å². The number of benzene rings is 1. The number of carboxylic acids is 1. The van der Waals surface area contributed by atoms with Gasteiger partial charge in [-0.1, -0.05) is 18.2 Å². The van der Waals surface area contributed by atoms with Crippen LogP contribution in [0.15, 0.2) is 48.7 Å². The molecule has 0 atom stereocenters. The molecule has 0 fully saturated rings. The lowest BCUT2D eigenvalue weighted by molar-refractivity contribution is -0.137. The molecule has 4 rings (SSSR count). The van der Waals surface area contributed by atoms with Crippen molar-refractivity contribution in [2.75, 3.05) is 18.9 Å². The zero-order valence-corrected chi connectivity index (χ0v) is 17.8. The number of pyridine rings is 1. The van der Waals surface area contributed by atoms with E-state index in [4.69, 9.17) is 5.11 Å². The Morgan fingerprint density at radius 3 is 2.81 bits per heavy atom. The molecule has 9 heteroatoms. The fourth-order valence-corrected chi connectivity index (χ4v) is 3.72. The monoisotopic (exact) mass is 433 g/mol. The first kappa shape index (κ1) is 21.1. The SMILES string of the molecule is CN(Cc1cc2ccccc2n1C)C(=O)/C=C/c1cnc2c(c1)CN(CC(=O)O)C(=O)N2. The number of likely N-dealkylation sites (N-methyl/N-ethyl adjacent to an activating group) is 1. The van der Waals surface area contributed by atoms with Gasteiger partial charge in [0, 0.05) is 43.1 Å². The molecule has 0 radical (unpaired) electrons. The van der Waals surface area contributed by atoms with E-state index in [9.17, 15) is 14.4 Å². The van der Waals surface area contributed by atoms with Crippen molar-refractivity contribution in [2.45, 2.75) is 13.1 Å². The molecule has 0 saturated carbocycles. The van der Waals surface area contributed by atoms with Crippen LogP contribution in [0.25, 0.3) is 17.0 Å². The van der Waals surface area contributed by atoms with E-state index in [-0.39, 0.29) is 12.5 Å². The van der Waals surface area contributed by atoms with Crippen LogP contribution in [0.1, 0.15) is 16.8 Å². The summed E-state index contributed by atoms with van der Waals surface area (Å²) >= 11 is 0. The second-order valence-electron chi connectivity index (χ2n) is 7.74. The Hall–Kier alpha value is -4.14. The number of carbonyl (C=O) groups is 3. The van der Waals surface area contributed by atoms with Crippen LogP contribution in [0.4, 0.5) is 10.6 Å². The fraction of sp³-hybridized carbons (Fsp3) is 0.217. The molecule has 3 heterocycles. The van der Waals surface area contributed by atoms with E-state index in [2.05, 4.69) is 20.9 Å². The van der Waals surface area contributed by atoms with Crippen LogP contribution in [-0.4, -0.2) is 56.0 Å². The van der Waals surface area contributed by atoms with Gasteiger partial charge in [0.1, 0.15) is 12.4 Å². The molecule has 1 aliphatic rings. The number of fused-ring (bicyclic) bond motifs is 2. The van der Waals surface area contributed by atoms with Crippen LogP contribution in [0.3, 0.4) is 0 Å². The molecule has 0 bridgehead atoms. The van der Waals surface area contributed by atoms with Crippen LogP contribution < -0.4 is 5.32 Å². The van der Waals surface area contributed by atoms with E-state index in [0.29, 0.717) is 23.5 Å². The van der Waals surface area contributed by atoms with Gasteiger partial charge in [0.05, 0.1) is 13.1 Å². The number of para-hydroxylation sites is 1. The second-order valence-corrected chi connectivity index (χ2v) is 7.74. The second kappa shape index (κ2) is 8.54. The fourth-order valence-electron chi connectivity index (χ4n) is 3.72. The highest BCUT2D eigenvalue weighted by molar-refractivity contribution is 5.94. The molecule has 0 saturated heterocycles. The maximum absolute atomic E-state index is 12.6. The van der Waals surface area contributed by atoms with Crippen molar-refractivity contribution in [1.82, 2.24) is 19.4 Å². The number of rotatable bonds is 6. The number of aromatic nitrogens is 2. The number of hydrogen-bond donors (Lipinski definition) is 2. The van der Waals surface area contributed by atoms with Crippen molar-refractivity contribution < 1.29 is 19.5 Å². The van der Waals surface area contributed by atoms with Gasteiger partial charge in [-0.15, -0.1) is 0 Å². The molecule has 0 spiro atoms. The maximum Gasteiger partial charge on any atom is 0.323 e. The van der Waals surface area contributed by atoms with Gasteiger partial charge >= 0.3 is 12.0 Å². The van der Waals surface area contributed by atoms with E-state index in [1.54, 1.807) is 30.3 Å². The van der Waals surface area contributed by atoms with Crippen molar-refractivity contribution in [1.29, 1.82) is 0 Å². The summed E-state index contributed by atoms with van der Waals surface area (Å²) in [5, 5.41) is 12.7. The average molecular weight is 433 g/mol. The highest BCUT2D eigenvalue weighted by Gasteiger charge is 2.25. The number of nitrogens with zero attached hydrogens (tertiary/aromatic N) is 4. The molecule has 32 heavy (non-hydrogen) atoms. The first-order chi connectivity index (χ1) is 15.3. The quantitative estimate of drug-likeness (QED) is 0.581. The number of urea groups is 1. The van der Waals surface area contributed by atoms with Crippen molar-refractivity contribution in [3.05, 3.63) is 65.5 Å². The minimum absolute atomic E-state index is 0.136. The number of aryl methyl sites for hydroxylation is 1. The van der Waals surface area contributed by atoms with Crippen molar-refractivity contribution in [3.8, 4) is 0 Å². The molecular weight excluding hydrogens is 410 g/mol. The average Bonchev–Trinajstić information content (AvgIpc) is 3.07. The summed E-state index contributed by atoms with van der Waals surface area (Å²) in [4.78, 5) is 42.6. The van der Waals surface area contributed by atoms with Gasteiger partial charge in [-0.2, -0.15) is 0 Å². The molecule has 2 aromatic heterocycles. The van der Waals surface area contributed by atoms with Crippen LogP contribution in [0.2, 0.25) is 0 Å². The minimum Gasteiger partial charge on any atom is -0.480 e. The summed E-state index contributed by atoms with van der Waals surface area (Å²) in [6.07, 6.45) is 4.69. The molecule has 1 aromatic carbocycles. The summed E-state index contributed by atoms with van der Waals surface area (Å²) in [6.45, 7) is 0.201. The summed E-state index contributed by atoms with van der Waals surface area (Å²) in [7, 11) is 3.73. The van der Waals surface area contributed by atoms with Gasteiger partial charge in [0.25, 0.3) is 0 Å². The number of carbonyl (C=O) groups excluding carboxylic acids is 2. The molecular formula is C23H23N5O4. The van der Waals surface area contributed by atoms with Crippen molar-refractivity contribution in [3.63, 3.8) is 0 Å². The van der Waals surface area contributed by atoms with E-state index in [1.165, 1.54) is 11.0 Å². The number of anilines is 1. The highest BCUT2D eigenvalue weighted by atomic mass is 16.4. The molecule has 9 nitrogen and oxygen atoms in total. The zero-order valence-electron chi connectivity index (χ0n) is 17.8. The van der Waals surface area contributed by atoms with Gasteiger partial charge < -0.3 is 19.5 Å². The summed E-state index contributed by atoms with van der Waals surface area (Å²) in [5.41, 5.74) is 3.51. The molecule has 1 aliphatic heterocycles. The maximum atomic E-state index is 12.6. The van der Waals surface area contributed by atoms with Gasteiger partial charge in [-0.3, -0.25) is 14.9 Å². The standard InChI is InChI=1S/C23H23N5O4/c1-26(13-18-10-16-5-3-4-6-19(16)27(18)2)20(29)8-7-15-9-17-12-28(14-21(30)31)23(32)25-22(17)24-11-15/h3-11H,12-14H2,1-2H3,(H,30,31)(H,24,25,32)/b8-7+. The van der Waals surface area contributed by atoms with E-state index < -0.39 is 18.5 Å². The Kier molecular flexibility index (Phi) is 5.63. The molecule has 0 aliphatic carbocycles. The number of aliphatic carboxylic acids is 1. The molecule has 3 amide bonds. The van der Waals surface area contributed by atoms with Gasteiger partial charge in [-0.05, 0) is 35.2 Å². The summed E-state index contributed by atoms with van der Waals surface area (Å²) in [5.74, 6) is -0.853. The Balaban J connectivity index is 1.44. The predicted octanol–water partition coefficient (Wildman–Crippen LogP) is 2.68. The number of carboxylic acid groups (broad SMARTS) is 1. The molecule has 0 unspecified atom stereocenters. The third-order valence-electron chi connectivity index (χ3n) is 5.43. The number of amides is 3. The topological polar surface area (TPSA) is 108 Å². The zero-order chi connectivity index (χ0) is 22.8. The number of hydrogen-bond acceptors (Lipinski definition) is 4. The summed E-state index contributed by atoms with van der Waals surface area (Å²) in [6, 6.07) is 11.4. The summed E-state index contributed by atoms with van der Waals surface area (Å²) < 4.78 is 2.08. The van der Waals surface area contributed by atoms with Crippen LogP contribution >= 0.6 is 0 Å². The third kappa shape index (κ3) is 4.31. The van der Waals surface area contributed by atoms with E-state index >= 15 is 0 Å². The van der Waals surface area contributed by atoms with Crippen LogP contribution in [0, 0.1) is 0 Å². The Morgan fingerprint density at radius 2 is 2.06 bits per heavy atom. The molecule has 2 N–H and O–H groups in total. The third-order valence-corrected chi connectivity index (χ3v) is 5.43. The minimum atomic E-state index is -1.09. The Labute approximate surface area is 184 Å².